The van der Waals surface area contributed by atoms with Crippen LogP contribution in [0.1, 0.15) is 61.6 Å². The van der Waals surface area contributed by atoms with E-state index in [1.54, 1.807) is 12.1 Å². The lowest BCUT2D eigenvalue weighted by molar-refractivity contribution is -0.110. The number of hydrogen-bond donors (Lipinski definition) is 5. The van der Waals surface area contributed by atoms with Gasteiger partial charge in [0.25, 0.3) is 17.7 Å². The van der Waals surface area contributed by atoms with E-state index in [0.29, 0.717) is 34.6 Å². The Morgan fingerprint density at radius 1 is 0.911 bits per heavy atom. The summed E-state index contributed by atoms with van der Waals surface area (Å²) >= 11 is 0. The number of hydrogen-bond acceptors (Lipinski definition) is 5. The quantitative estimate of drug-likeness (QED) is 0.145. The zero-order valence-corrected chi connectivity index (χ0v) is 25.8. The van der Waals surface area contributed by atoms with Gasteiger partial charge in [0, 0.05) is 52.7 Å². The first-order valence-electron chi connectivity index (χ1n) is 15.4. The molecule has 0 aliphatic carbocycles. The molecule has 1 aromatic heterocycles. The van der Waals surface area contributed by atoms with E-state index in [1.807, 2.05) is 81.4 Å². The number of likely N-dealkylation sites (tertiary alicyclic amines) is 1. The summed E-state index contributed by atoms with van der Waals surface area (Å²) in [5, 5.41) is 12.4. The van der Waals surface area contributed by atoms with Gasteiger partial charge in [-0.3, -0.25) is 14.4 Å². The van der Waals surface area contributed by atoms with Crippen molar-refractivity contribution in [3.05, 3.63) is 106 Å². The first-order valence-corrected chi connectivity index (χ1v) is 15.4. The SMILES string of the molecule is Cc1ccc(NC(=O)c2ccccc2)cc1Nc1ccc2c(c1)NC(=O)C2=Cc1[nH]c(C)c(C(=O)NCCN2CCCC2)c1C. The molecule has 3 amide bonds. The molecule has 3 aromatic carbocycles. The molecule has 6 rings (SSSR count). The molecule has 0 spiro atoms. The fourth-order valence-electron chi connectivity index (χ4n) is 6.02. The van der Waals surface area contributed by atoms with Gasteiger partial charge in [-0.15, -0.1) is 0 Å². The lowest BCUT2D eigenvalue weighted by Gasteiger charge is -2.14. The summed E-state index contributed by atoms with van der Waals surface area (Å²) in [7, 11) is 0. The maximum Gasteiger partial charge on any atom is 0.256 e. The van der Waals surface area contributed by atoms with Gasteiger partial charge in [0.15, 0.2) is 0 Å². The molecule has 1 saturated heterocycles. The smallest absolute Gasteiger partial charge is 0.256 e. The number of amides is 3. The molecule has 3 heterocycles. The minimum atomic E-state index is -0.202. The van der Waals surface area contributed by atoms with Crippen LogP contribution in [0.3, 0.4) is 0 Å². The number of fused-ring (bicyclic) bond motifs is 1. The fourth-order valence-corrected chi connectivity index (χ4v) is 6.02. The average Bonchev–Trinajstić information content (AvgIpc) is 3.73. The van der Waals surface area contributed by atoms with Gasteiger partial charge in [0.05, 0.1) is 16.8 Å². The number of nitrogens with zero attached hydrogens (tertiary/aromatic N) is 1. The van der Waals surface area contributed by atoms with E-state index in [-0.39, 0.29) is 17.7 Å². The van der Waals surface area contributed by atoms with Crippen LogP contribution in [0, 0.1) is 20.8 Å². The maximum absolute atomic E-state index is 13.1. The third kappa shape index (κ3) is 6.53. The molecule has 45 heavy (non-hydrogen) atoms. The highest BCUT2D eigenvalue weighted by molar-refractivity contribution is 6.35. The van der Waals surface area contributed by atoms with Crippen LogP contribution < -0.4 is 21.3 Å². The molecule has 9 heteroatoms. The number of carbonyl (C=O) groups is 3. The van der Waals surface area contributed by atoms with Gasteiger partial charge in [-0.2, -0.15) is 0 Å². The third-order valence-electron chi connectivity index (χ3n) is 8.52. The Hall–Kier alpha value is -5.15. The number of H-pyrrole nitrogens is 1. The molecule has 0 bridgehead atoms. The van der Waals surface area contributed by atoms with Gasteiger partial charge >= 0.3 is 0 Å². The van der Waals surface area contributed by atoms with Gasteiger partial charge in [-0.05, 0) is 100 Å². The second-order valence-corrected chi connectivity index (χ2v) is 11.7. The number of nitrogens with one attached hydrogen (secondary N) is 5. The van der Waals surface area contributed by atoms with Crippen LogP contribution in [0.25, 0.3) is 11.6 Å². The third-order valence-corrected chi connectivity index (χ3v) is 8.52. The zero-order chi connectivity index (χ0) is 31.5. The van der Waals surface area contributed by atoms with Crippen LogP contribution in [0.5, 0.6) is 0 Å². The molecule has 0 saturated carbocycles. The lowest BCUT2D eigenvalue weighted by Crippen LogP contribution is -2.33. The average molecular weight is 603 g/mol. The molecule has 5 N–H and O–H groups in total. The molecule has 0 atom stereocenters. The minimum Gasteiger partial charge on any atom is -0.358 e. The van der Waals surface area contributed by atoms with Crippen LogP contribution in [0.2, 0.25) is 0 Å². The highest BCUT2D eigenvalue weighted by atomic mass is 16.2. The molecule has 1 fully saturated rings. The van der Waals surface area contributed by atoms with Crippen LogP contribution in [0.4, 0.5) is 22.7 Å². The molecule has 9 nitrogen and oxygen atoms in total. The molecular formula is C36H38N6O3. The van der Waals surface area contributed by atoms with E-state index >= 15 is 0 Å². The van der Waals surface area contributed by atoms with Gasteiger partial charge in [0.2, 0.25) is 0 Å². The van der Waals surface area contributed by atoms with Crippen molar-refractivity contribution < 1.29 is 14.4 Å². The summed E-state index contributed by atoms with van der Waals surface area (Å²) in [6, 6.07) is 20.5. The van der Waals surface area contributed by atoms with Crippen molar-refractivity contribution in [2.24, 2.45) is 0 Å². The predicted octanol–water partition coefficient (Wildman–Crippen LogP) is 6.25. The van der Waals surface area contributed by atoms with Crippen molar-refractivity contribution in [3.8, 4) is 0 Å². The number of carbonyl (C=O) groups excluding carboxylic acids is 3. The second-order valence-electron chi connectivity index (χ2n) is 11.7. The normalized spacial score (nSPS) is 15.2. The Morgan fingerprint density at radius 3 is 2.44 bits per heavy atom. The lowest BCUT2D eigenvalue weighted by atomic mass is 10.0. The van der Waals surface area contributed by atoms with Crippen molar-refractivity contribution in [2.75, 3.05) is 42.1 Å². The van der Waals surface area contributed by atoms with E-state index in [2.05, 4.69) is 31.2 Å². The highest BCUT2D eigenvalue weighted by Crippen LogP contribution is 2.37. The van der Waals surface area contributed by atoms with Gasteiger partial charge in [0.1, 0.15) is 0 Å². The standard InChI is InChI=1S/C36H38N6O3/c1-22-11-12-27(40-34(43)25-9-5-4-6-10-25)19-30(22)39-26-13-14-28-29(35(44)41-32(28)20-26)21-31-23(2)33(24(3)38-31)36(45)37-15-18-42-16-7-8-17-42/h4-6,9-14,19-21,38-39H,7-8,15-18H2,1-3H3,(H,37,45)(H,40,43)(H,41,44). The second kappa shape index (κ2) is 12.8. The Labute approximate surface area is 263 Å². The number of aryl methyl sites for hydroxylation is 2. The van der Waals surface area contributed by atoms with E-state index in [1.165, 1.54) is 12.8 Å². The minimum absolute atomic E-state index is 0.101. The Morgan fingerprint density at radius 2 is 1.67 bits per heavy atom. The summed E-state index contributed by atoms with van der Waals surface area (Å²) < 4.78 is 0. The summed E-state index contributed by atoms with van der Waals surface area (Å²) in [5.41, 5.74) is 8.86. The Balaban J connectivity index is 1.17. The van der Waals surface area contributed by atoms with Gasteiger partial charge in [-0.1, -0.05) is 30.3 Å². The number of aromatic amines is 1. The van der Waals surface area contributed by atoms with Crippen molar-refractivity contribution >= 4 is 52.1 Å². The van der Waals surface area contributed by atoms with Gasteiger partial charge in [-0.25, -0.2) is 0 Å². The van der Waals surface area contributed by atoms with E-state index < -0.39 is 0 Å². The van der Waals surface area contributed by atoms with Crippen LogP contribution in [0.15, 0.2) is 66.7 Å². The van der Waals surface area contributed by atoms with Crippen LogP contribution in [-0.2, 0) is 4.79 Å². The summed E-state index contributed by atoms with van der Waals surface area (Å²) in [5.74, 6) is -0.481. The largest absolute Gasteiger partial charge is 0.358 e. The van der Waals surface area contributed by atoms with Crippen molar-refractivity contribution in [1.29, 1.82) is 0 Å². The predicted molar refractivity (Wildman–Crippen MR) is 180 cm³/mol. The Bertz CT molecular complexity index is 1800. The van der Waals surface area contributed by atoms with Crippen LogP contribution >= 0.6 is 0 Å². The molecular weight excluding hydrogens is 564 g/mol. The summed E-state index contributed by atoms with van der Waals surface area (Å²) in [6.45, 7) is 9.44. The summed E-state index contributed by atoms with van der Waals surface area (Å²) in [6.07, 6.45) is 4.27. The number of rotatable bonds is 9. The van der Waals surface area contributed by atoms with Crippen molar-refractivity contribution in [1.82, 2.24) is 15.2 Å². The molecule has 0 unspecified atom stereocenters. The molecule has 230 valence electrons. The molecule has 2 aliphatic rings. The molecule has 0 radical (unpaired) electrons. The van der Waals surface area contributed by atoms with Crippen molar-refractivity contribution in [3.63, 3.8) is 0 Å². The number of aromatic nitrogens is 1. The number of anilines is 4. The zero-order valence-electron chi connectivity index (χ0n) is 25.8. The molecule has 2 aliphatic heterocycles. The van der Waals surface area contributed by atoms with E-state index in [0.717, 1.165) is 59.1 Å². The topological polar surface area (TPSA) is 118 Å². The first-order chi connectivity index (χ1) is 21.8. The van der Waals surface area contributed by atoms with E-state index in [9.17, 15) is 14.4 Å². The monoisotopic (exact) mass is 602 g/mol. The number of benzene rings is 3. The molecule has 4 aromatic rings. The van der Waals surface area contributed by atoms with Crippen molar-refractivity contribution in [2.45, 2.75) is 33.6 Å². The van der Waals surface area contributed by atoms with Crippen LogP contribution in [-0.4, -0.2) is 53.8 Å². The summed E-state index contributed by atoms with van der Waals surface area (Å²) in [4.78, 5) is 44.5. The Kier molecular flexibility index (Phi) is 8.53. The highest BCUT2D eigenvalue weighted by Gasteiger charge is 2.26. The fraction of sp³-hybridized carbons (Fsp3) is 0.250. The first kappa shape index (κ1) is 29.9. The maximum atomic E-state index is 13.1. The van der Waals surface area contributed by atoms with E-state index in [4.69, 9.17) is 0 Å². The van der Waals surface area contributed by atoms with Gasteiger partial charge < -0.3 is 31.2 Å².